The smallest absolute Gasteiger partial charge is 0.174 e. The largest absolute Gasteiger partial charge is 0.497 e. The summed E-state index contributed by atoms with van der Waals surface area (Å²) in [6.45, 7) is 4.82. The zero-order valence-electron chi connectivity index (χ0n) is 16.2. The highest BCUT2D eigenvalue weighted by Crippen LogP contribution is 2.49. The zero-order valence-corrected chi connectivity index (χ0v) is 16.2. The summed E-state index contributed by atoms with van der Waals surface area (Å²) in [6.07, 6.45) is 3.27. The molecule has 1 heterocycles. The van der Waals surface area contributed by atoms with Crippen LogP contribution < -0.4 is 14.8 Å². The van der Waals surface area contributed by atoms with Gasteiger partial charge in [-0.2, -0.15) is 0 Å². The highest BCUT2D eigenvalue weighted by molar-refractivity contribution is 6.10. The molecule has 4 rings (SSSR count). The number of Topliss-reactive ketones (excluding diaryl/α,β-unsaturated/α-hetero) is 1. The third-order valence-electron chi connectivity index (χ3n) is 5.55. The molecular formula is C23H27NO3. The summed E-state index contributed by atoms with van der Waals surface area (Å²) in [5.74, 6) is 2.10. The molecule has 0 saturated heterocycles. The van der Waals surface area contributed by atoms with Gasteiger partial charge in [0.1, 0.15) is 11.5 Å². The number of nitrogens with one attached hydrogen (secondary N) is 1. The average Bonchev–Trinajstić information content (AvgIpc) is 3.52. The minimum absolute atomic E-state index is 0.00294. The SMILES string of the molecule is CCCOc1ccc(C2CC2)c2c1NC(C)C(c1ccc(OC)cc1)C2=O. The molecule has 0 bridgehead atoms. The molecule has 2 atom stereocenters. The molecule has 2 aromatic rings. The number of carbonyl (C=O) groups excluding carboxylic acids is 1. The van der Waals surface area contributed by atoms with Gasteiger partial charge in [-0.25, -0.2) is 0 Å². The first-order valence-electron chi connectivity index (χ1n) is 9.88. The molecule has 142 valence electrons. The molecule has 1 saturated carbocycles. The number of ether oxygens (including phenoxy) is 2. The fraction of sp³-hybridized carbons (Fsp3) is 0.435. The summed E-state index contributed by atoms with van der Waals surface area (Å²) in [5, 5.41) is 3.59. The van der Waals surface area contributed by atoms with Crippen LogP contribution in [0.3, 0.4) is 0 Å². The third kappa shape index (κ3) is 3.29. The second-order valence-corrected chi connectivity index (χ2v) is 7.57. The Morgan fingerprint density at radius 2 is 1.85 bits per heavy atom. The lowest BCUT2D eigenvalue weighted by molar-refractivity contribution is 0.0946. The minimum atomic E-state index is -0.206. The van der Waals surface area contributed by atoms with E-state index in [9.17, 15) is 4.79 Å². The molecule has 0 radical (unpaired) electrons. The molecule has 2 aromatic carbocycles. The van der Waals surface area contributed by atoms with Gasteiger partial charge in [0.2, 0.25) is 0 Å². The fourth-order valence-corrected chi connectivity index (χ4v) is 4.02. The van der Waals surface area contributed by atoms with E-state index >= 15 is 0 Å². The Balaban J connectivity index is 1.76. The number of ketones is 1. The maximum absolute atomic E-state index is 13.6. The standard InChI is InChI=1S/C23H27NO3/c1-4-13-27-19-12-11-18(15-5-6-15)21-22(19)24-14(2)20(23(21)25)16-7-9-17(26-3)10-8-16/h7-12,14-15,20,24H,4-6,13H2,1-3H3. The lowest BCUT2D eigenvalue weighted by Crippen LogP contribution is -2.36. The number of fused-ring (bicyclic) bond motifs is 1. The molecule has 1 N–H and O–H groups in total. The van der Waals surface area contributed by atoms with Crippen molar-refractivity contribution >= 4 is 11.5 Å². The van der Waals surface area contributed by atoms with Gasteiger partial charge in [-0.15, -0.1) is 0 Å². The van der Waals surface area contributed by atoms with E-state index in [1.54, 1.807) is 7.11 Å². The van der Waals surface area contributed by atoms with Gasteiger partial charge in [0.15, 0.2) is 5.78 Å². The third-order valence-corrected chi connectivity index (χ3v) is 5.55. The minimum Gasteiger partial charge on any atom is -0.497 e. The van der Waals surface area contributed by atoms with Crippen LogP contribution >= 0.6 is 0 Å². The molecule has 1 aliphatic carbocycles. The lowest BCUT2D eigenvalue weighted by atomic mass is 9.79. The maximum Gasteiger partial charge on any atom is 0.174 e. The summed E-state index contributed by atoms with van der Waals surface area (Å²) < 4.78 is 11.2. The number of rotatable bonds is 6. The number of carbonyl (C=O) groups is 1. The van der Waals surface area contributed by atoms with E-state index in [-0.39, 0.29) is 17.7 Å². The van der Waals surface area contributed by atoms with Crippen molar-refractivity contribution in [2.75, 3.05) is 19.0 Å². The van der Waals surface area contributed by atoms with Gasteiger partial charge >= 0.3 is 0 Å². The molecule has 0 spiro atoms. The normalized spacial score (nSPS) is 21.4. The van der Waals surface area contributed by atoms with Gasteiger partial charge in [-0.3, -0.25) is 4.79 Å². The lowest BCUT2D eigenvalue weighted by Gasteiger charge is -2.34. The first-order chi connectivity index (χ1) is 13.1. The number of hydrogen-bond donors (Lipinski definition) is 1. The predicted molar refractivity (Wildman–Crippen MR) is 107 cm³/mol. The van der Waals surface area contributed by atoms with E-state index in [1.807, 2.05) is 30.3 Å². The van der Waals surface area contributed by atoms with Gasteiger partial charge in [0.05, 0.1) is 25.3 Å². The second kappa shape index (κ2) is 7.26. The molecule has 0 aromatic heterocycles. The van der Waals surface area contributed by atoms with Crippen LogP contribution in [0.4, 0.5) is 5.69 Å². The molecule has 2 unspecified atom stereocenters. The van der Waals surface area contributed by atoms with Crippen molar-refractivity contribution in [1.29, 1.82) is 0 Å². The Labute approximate surface area is 160 Å². The summed E-state index contributed by atoms with van der Waals surface area (Å²) >= 11 is 0. The van der Waals surface area contributed by atoms with Crippen molar-refractivity contribution in [3.63, 3.8) is 0 Å². The Hall–Kier alpha value is -2.49. The van der Waals surface area contributed by atoms with Crippen molar-refractivity contribution in [3.8, 4) is 11.5 Å². The molecule has 1 fully saturated rings. The molecule has 4 nitrogen and oxygen atoms in total. The van der Waals surface area contributed by atoms with Gasteiger partial charge in [-0.05, 0) is 61.4 Å². The van der Waals surface area contributed by atoms with Crippen LogP contribution in [0.1, 0.15) is 66.4 Å². The summed E-state index contributed by atoms with van der Waals surface area (Å²) in [7, 11) is 1.65. The summed E-state index contributed by atoms with van der Waals surface area (Å²) in [6, 6.07) is 12.0. The van der Waals surface area contributed by atoms with Crippen LogP contribution in [0.25, 0.3) is 0 Å². The van der Waals surface area contributed by atoms with E-state index < -0.39 is 0 Å². The Morgan fingerprint density at radius 1 is 1.11 bits per heavy atom. The van der Waals surface area contributed by atoms with Gasteiger partial charge in [0, 0.05) is 11.6 Å². The van der Waals surface area contributed by atoms with Crippen molar-refractivity contribution in [2.24, 2.45) is 0 Å². The van der Waals surface area contributed by atoms with Crippen LogP contribution in [0.2, 0.25) is 0 Å². The quantitative estimate of drug-likeness (QED) is 0.770. The van der Waals surface area contributed by atoms with Crippen molar-refractivity contribution in [3.05, 3.63) is 53.1 Å². The van der Waals surface area contributed by atoms with E-state index in [0.29, 0.717) is 12.5 Å². The van der Waals surface area contributed by atoms with Crippen LogP contribution in [0, 0.1) is 0 Å². The first-order valence-corrected chi connectivity index (χ1v) is 9.88. The maximum atomic E-state index is 13.6. The van der Waals surface area contributed by atoms with Crippen molar-refractivity contribution in [2.45, 2.75) is 51.0 Å². The van der Waals surface area contributed by atoms with Gasteiger partial charge in [-0.1, -0.05) is 25.1 Å². The number of hydrogen-bond acceptors (Lipinski definition) is 4. The monoisotopic (exact) mass is 365 g/mol. The van der Waals surface area contributed by atoms with Gasteiger partial charge in [0.25, 0.3) is 0 Å². The number of methoxy groups -OCH3 is 1. The molecule has 0 amide bonds. The first kappa shape index (κ1) is 17.9. The molecule has 2 aliphatic rings. The summed E-state index contributed by atoms with van der Waals surface area (Å²) in [4.78, 5) is 13.6. The second-order valence-electron chi connectivity index (χ2n) is 7.57. The van der Waals surface area contributed by atoms with Crippen molar-refractivity contribution in [1.82, 2.24) is 0 Å². The van der Waals surface area contributed by atoms with E-state index in [2.05, 4.69) is 25.2 Å². The number of benzene rings is 2. The van der Waals surface area contributed by atoms with E-state index in [1.165, 1.54) is 5.56 Å². The van der Waals surface area contributed by atoms with Crippen LogP contribution in [0.15, 0.2) is 36.4 Å². The fourth-order valence-electron chi connectivity index (χ4n) is 4.02. The van der Waals surface area contributed by atoms with Crippen LogP contribution in [-0.4, -0.2) is 25.5 Å². The van der Waals surface area contributed by atoms with Crippen LogP contribution in [0.5, 0.6) is 11.5 Å². The molecule has 1 aliphatic heterocycles. The summed E-state index contributed by atoms with van der Waals surface area (Å²) in [5.41, 5.74) is 3.92. The average molecular weight is 365 g/mol. The Bertz CT molecular complexity index is 839. The van der Waals surface area contributed by atoms with Crippen molar-refractivity contribution < 1.29 is 14.3 Å². The molecule has 27 heavy (non-hydrogen) atoms. The van der Waals surface area contributed by atoms with Gasteiger partial charge < -0.3 is 14.8 Å². The zero-order chi connectivity index (χ0) is 19.0. The predicted octanol–water partition coefficient (Wildman–Crippen LogP) is 5.14. The Kier molecular flexibility index (Phi) is 4.81. The number of anilines is 1. The highest BCUT2D eigenvalue weighted by atomic mass is 16.5. The highest BCUT2D eigenvalue weighted by Gasteiger charge is 2.40. The van der Waals surface area contributed by atoms with E-state index in [0.717, 1.165) is 47.6 Å². The molecule has 4 heteroatoms. The topological polar surface area (TPSA) is 47.6 Å². The van der Waals surface area contributed by atoms with Crippen LogP contribution in [-0.2, 0) is 0 Å². The molecular weight excluding hydrogens is 338 g/mol. The van der Waals surface area contributed by atoms with E-state index in [4.69, 9.17) is 9.47 Å². The Morgan fingerprint density at radius 3 is 2.48 bits per heavy atom.